The molecule has 1 aromatic heterocycles. The lowest BCUT2D eigenvalue weighted by Crippen LogP contribution is -2.07. The van der Waals surface area contributed by atoms with E-state index in [4.69, 9.17) is 11.6 Å². The van der Waals surface area contributed by atoms with Crippen LogP contribution in [0.2, 0.25) is 5.02 Å². The molecule has 18 heavy (non-hydrogen) atoms. The SMILES string of the molecule is O=C(c1ccc(Cl)cc1)c1nc(Br)c(Br)nc1Br. The van der Waals surface area contributed by atoms with Gasteiger partial charge >= 0.3 is 0 Å². The van der Waals surface area contributed by atoms with Crippen LogP contribution in [-0.2, 0) is 0 Å². The summed E-state index contributed by atoms with van der Waals surface area (Å²) in [4.78, 5) is 20.5. The Labute approximate surface area is 133 Å². The minimum atomic E-state index is -0.223. The van der Waals surface area contributed by atoms with E-state index in [0.717, 1.165) is 0 Å². The molecule has 0 aliphatic heterocycles. The summed E-state index contributed by atoms with van der Waals surface area (Å²) in [6.07, 6.45) is 0. The molecule has 2 rings (SSSR count). The molecule has 0 bridgehead atoms. The summed E-state index contributed by atoms with van der Waals surface area (Å²) in [7, 11) is 0. The fourth-order valence-corrected chi connectivity index (χ4v) is 2.60. The highest BCUT2D eigenvalue weighted by atomic mass is 79.9. The Balaban J connectivity index is 2.46. The van der Waals surface area contributed by atoms with E-state index in [9.17, 15) is 4.79 Å². The zero-order valence-electron chi connectivity index (χ0n) is 8.62. The maximum absolute atomic E-state index is 12.2. The minimum Gasteiger partial charge on any atom is -0.287 e. The zero-order chi connectivity index (χ0) is 13.3. The maximum Gasteiger partial charge on any atom is 0.214 e. The predicted octanol–water partition coefficient (Wildman–Crippen LogP) is 4.65. The molecule has 0 aliphatic rings. The van der Waals surface area contributed by atoms with Crippen molar-refractivity contribution in [2.24, 2.45) is 0 Å². The molecule has 0 unspecified atom stereocenters. The molecule has 92 valence electrons. The van der Waals surface area contributed by atoms with Crippen LogP contribution in [0.1, 0.15) is 16.1 Å². The highest BCUT2D eigenvalue weighted by molar-refractivity contribution is 9.13. The summed E-state index contributed by atoms with van der Waals surface area (Å²) in [6.45, 7) is 0. The van der Waals surface area contributed by atoms with Crippen molar-refractivity contribution in [1.29, 1.82) is 0 Å². The van der Waals surface area contributed by atoms with E-state index in [1.54, 1.807) is 24.3 Å². The quantitative estimate of drug-likeness (QED) is 0.620. The van der Waals surface area contributed by atoms with Gasteiger partial charge in [-0.05, 0) is 72.1 Å². The summed E-state index contributed by atoms with van der Waals surface area (Å²) in [5.74, 6) is -0.223. The second-order valence-corrected chi connectivity index (χ2v) is 5.97. The van der Waals surface area contributed by atoms with E-state index >= 15 is 0 Å². The number of hydrogen-bond donors (Lipinski definition) is 0. The Bertz CT molecular complexity index is 616. The van der Waals surface area contributed by atoms with Gasteiger partial charge in [-0.25, -0.2) is 9.97 Å². The number of rotatable bonds is 2. The highest BCUT2D eigenvalue weighted by Crippen LogP contribution is 2.25. The summed E-state index contributed by atoms with van der Waals surface area (Å²) in [6, 6.07) is 6.61. The number of nitrogens with zero attached hydrogens (tertiary/aromatic N) is 2. The van der Waals surface area contributed by atoms with Crippen LogP contribution >= 0.6 is 59.4 Å². The van der Waals surface area contributed by atoms with Crippen molar-refractivity contribution >= 4 is 65.2 Å². The van der Waals surface area contributed by atoms with Gasteiger partial charge in [0.2, 0.25) is 5.78 Å². The van der Waals surface area contributed by atoms with Crippen LogP contribution < -0.4 is 0 Å². The van der Waals surface area contributed by atoms with E-state index in [2.05, 4.69) is 57.8 Å². The van der Waals surface area contributed by atoms with Gasteiger partial charge < -0.3 is 0 Å². The van der Waals surface area contributed by atoms with Crippen molar-refractivity contribution in [3.63, 3.8) is 0 Å². The number of halogens is 4. The number of ketones is 1. The number of carbonyl (C=O) groups excluding carboxylic acids is 1. The van der Waals surface area contributed by atoms with Crippen LogP contribution in [0, 0.1) is 0 Å². The molecular weight excluding hydrogens is 451 g/mol. The molecule has 2 aromatic rings. The first-order valence-corrected chi connectivity index (χ1v) is 7.43. The summed E-state index contributed by atoms with van der Waals surface area (Å²) in [5.41, 5.74) is 0.746. The molecule has 0 radical (unpaired) electrons. The molecule has 7 heteroatoms. The smallest absolute Gasteiger partial charge is 0.214 e. The van der Waals surface area contributed by atoms with E-state index in [-0.39, 0.29) is 11.5 Å². The Hall–Kier alpha value is -0.300. The average molecular weight is 455 g/mol. The molecule has 1 heterocycles. The van der Waals surface area contributed by atoms with Gasteiger partial charge in [-0.2, -0.15) is 0 Å². The van der Waals surface area contributed by atoms with Gasteiger partial charge in [0.05, 0.1) is 0 Å². The van der Waals surface area contributed by atoms with Crippen molar-refractivity contribution in [1.82, 2.24) is 9.97 Å². The van der Waals surface area contributed by atoms with Crippen LogP contribution in [0.3, 0.4) is 0 Å². The maximum atomic E-state index is 12.2. The van der Waals surface area contributed by atoms with Crippen LogP contribution in [-0.4, -0.2) is 15.8 Å². The lowest BCUT2D eigenvalue weighted by molar-refractivity contribution is 0.103. The monoisotopic (exact) mass is 452 g/mol. The van der Waals surface area contributed by atoms with Gasteiger partial charge in [-0.1, -0.05) is 11.6 Å². The Kier molecular flexibility index (Phi) is 4.53. The van der Waals surface area contributed by atoms with Crippen molar-refractivity contribution in [3.8, 4) is 0 Å². The third kappa shape index (κ3) is 2.99. The summed E-state index contributed by atoms with van der Waals surface area (Å²) in [5, 5.41) is 0.577. The summed E-state index contributed by atoms with van der Waals surface area (Å²) >= 11 is 15.4. The van der Waals surface area contributed by atoms with Gasteiger partial charge in [-0.15, -0.1) is 0 Å². The second-order valence-electron chi connectivity index (χ2n) is 3.28. The molecule has 0 saturated heterocycles. The number of hydrogen-bond acceptors (Lipinski definition) is 3. The van der Waals surface area contributed by atoms with Gasteiger partial charge in [0, 0.05) is 10.6 Å². The first kappa shape index (κ1) is 14.1. The molecule has 0 fully saturated rings. The molecule has 0 N–H and O–H groups in total. The zero-order valence-corrected chi connectivity index (χ0v) is 14.1. The molecule has 0 spiro atoms. The van der Waals surface area contributed by atoms with E-state index in [0.29, 0.717) is 24.4 Å². The van der Waals surface area contributed by atoms with Gasteiger partial charge in [-0.3, -0.25) is 4.79 Å². The van der Waals surface area contributed by atoms with Crippen LogP contribution in [0.4, 0.5) is 0 Å². The Morgan fingerprint density at radius 2 is 1.50 bits per heavy atom. The lowest BCUT2D eigenvalue weighted by Gasteiger charge is -2.04. The number of carbonyl (C=O) groups is 1. The van der Waals surface area contributed by atoms with E-state index in [1.165, 1.54) is 0 Å². The topological polar surface area (TPSA) is 42.9 Å². The van der Waals surface area contributed by atoms with Crippen molar-refractivity contribution in [2.45, 2.75) is 0 Å². The minimum absolute atomic E-state index is 0.223. The number of aromatic nitrogens is 2. The second kappa shape index (κ2) is 5.77. The van der Waals surface area contributed by atoms with Crippen LogP contribution in [0.25, 0.3) is 0 Å². The normalized spacial score (nSPS) is 10.4. The standard InChI is InChI=1S/C11H4Br3ClN2O/c12-9-7(16-10(13)11(14)17-9)8(18)5-1-3-6(15)4-2-5/h1-4H. The van der Waals surface area contributed by atoms with Crippen LogP contribution in [0.5, 0.6) is 0 Å². The van der Waals surface area contributed by atoms with Crippen molar-refractivity contribution < 1.29 is 4.79 Å². The Morgan fingerprint density at radius 1 is 0.944 bits per heavy atom. The molecule has 0 atom stereocenters. The lowest BCUT2D eigenvalue weighted by atomic mass is 10.1. The fraction of sp³-hybridized carbons (Fsp3) is 0. The van der Waals surface area contributed by atoms with Gasteiger partial charge in [0.25, 0.3) is 0 Å². The predicted molar refractivity (Wildman–Crippen MR) is 80.0 cm³/mol. The van der Waals surface area contributed by atoms with E-state index < -0.39 is 0 Å². The average Bonchev–Trinajstić information content (AvgIpc) is 2.34. The number of benzene rings is 1. The fourth-order valence-electron chi connectivity index (χ4n) is 1.26. The van der Waals surface area contributed by atoms with E-state index in [1.807, 2.05) is 0 Å². The molecule has 3 nitrogen and oxygen atoms in total. The van der Waals surface area contributed by atoms with Crippen LogP contribution in [0.15, 0.2) is 38.1 Å². The molecular formula is C11H4Br3ClN2O. The highest BCUT2D eigenvalue weighted by Gasteiger charge is 2.17. The molecule has 0 amide bonds. The van der Waals surface area contributed by atoms with Crippen molar-refractivity contribution in [3.05, 3.63) is 54.4 Å². The summed E-state index contributed by atoms with van der Waals surface area (Å²) < 4.78 is 1.39. The third-order valence-corrected chi connectivity index (χ3v) is 4.54. The first-order chi connectivity index (χ1) is 8.49. The first-order valence-electron chi connectivity index (χ1n) is 4.68. The van der Waals surface area contributed by atoms with Gasteiger partial charge in [0.1, 0.15) is 19.5 Å². The van der Waals surface area contributed by atoms with Crippen molar-refractivity contribution in [2.75, 3.05) is 0 Å². The largest absolute Gasteiger partial charge is 0.287 e. The third-order valence-electron chi connectivity index (χ3n) is 2.09. The molecule has 0 aliphatic carbocycles. The van der Waals surface area contributed by atoms with Gasteiger partial charge in [0.15, 0.2) is 0 Å². The molecule has 1 aromatic carbocycles. The molecule has 0 saturated carbocycles. The Morgan fingerprint density at radius 3 is 2.11 bits per heavy atom.